The first-order chi connectivity index (χ1) is 14.7. The second-order valence-corrected chi connectivity index (χ2v) is 7.60. The van der Waals surface area contributed by atoms with Crippen molar-refractivity contribution >= 4 is 29.3 Å². The number of para-hydroxylation sites is 2. The minimum absolute atomic E-state index is 0.140. The fraction of sp³-hybridized carbons (Fsp3) is 0.167. The molecule has 30 heavy (non-hydrogen) atoms. The number of anilines is 1. The maximum atomic E-state index is 12.5. The van der Waals surface area contributed by atoms with E-state index < -0.39 is 0 Å². The van der Waals surface area contributed by atoms with Gasteiger partial charge in [-0.1, -0.05) is 60.7 Å². The maximum Gasteiger partial charge on any atom is 0.259 e. The van der Waals surface area contributed by atoms with Crippen molar-refractivity contribution in [2.24, 2.45) is 0 Å². The lowest BCUT2D eigenvalue weighted by Crippen LogP contribution is -2.31. The molecule has 3 rings (SSSR count). The number of thioether (sulfide) groups is 1. The summed E-state index contributed by atoms with van der Waals surface area (Å²) in [4.78, 5) is 24.6. The van der Waals surface area contributed by atoms with E-state index in [0.717, 1.165) is 11.5 Å². The fourth-order valence-corrected chi connectivity index (χ4v) is 3.54. The summed E-state index contributed by atoms with van der Waals surface area (Å²) < 4.78 is 5.60. The summed E-state index contributed by atoms with van der Waals surface area (Å²) in [5, 5.41) is 5.67. The highest BCUT2D eigenvalue weighted by molar-refractivity contribution is 7.98. The molecule has 154 valence electrons. The molecule has 0 saturated heterocycles. The third kappa shape index (κ3) is 6.97. The topological polar surface area (TPSA) is 67.4 Å². The van der Waals surface area contributed by atoms with Gasteiger partial charge in [-0.15, -0.1) is 0 Å². The molecule has 2 amide bonds. The minimum atomic E-state index is -0.283. The van der Waals surface area contributed by atoms with Crippen LogP contribution in [0, 0.1) is 0 Å². The zero-order valence-corrected chi connectivity index (χ0v) is 17.4. The van der Waals surface area contributed by atoms with Crippen LogP contribution in [-0.2, 0) is 10.5 Å². The number of hydrogen-bond donors (Lipinski definition) is 2. The fourth-order valence-electron chi connectivity index (χ4n) is 2.72. The van der Waals surface area contributed by atoms with E-state index in [0.29, 0.717) is 23.5 Å². The number of carbonyl (C=O) groups excluding carboxylic acids is 2. The van der Waals surface area contributed by atoms with Crippen molar-refractivity contribution in [3.8, 4) is 5.75 Å². The van der Waals surface area contributed by atoms with Crippen molar-refractivity contribution in [1.29, 1.82) is 0 Å². The van der Waals surface area contributed by atoms with E-state index in [1.807, 2.05) is 48.5 Å². The molecule has 0 spiro atoms. The number of ether oxygens (including phenoxy) is 1. The molecule has 0 atom stereocenters. The quantitative estimate of drug-likeness (QED) is 0.478. The average molecular weight is 421 g/mol. The largest absolute Gasteiger partial charge is 0.483 e. The second kappa shape index (κ2) is 11.7. The monoisotopic (exact) mass is 420 g/mol. The molecule has 0 aromatic heterocycles. The van der Waals surface area contributed by atoms with Crippen LogP contribution in [0.25, 0.3) is 0 Å². The zero-order chi connectivity index (χ0) is 21.0. The lowest BCUT2D eigenvalue weighted by Gasteiger charge is -2.12. The Balaban J connectivity index is 1.41. The van der Waals surface area contributed by atoms with Crippen LogP contribution in [0.15, 0.2) is 84.9 Å². The Hall–Kier alpha value is -3.25. The number of carbonyl (C=O) groups is 2. The average Bonchev–Trinajstić information content (AvgIpc) is 2.79. The summed E-state index contributed by atoms with van der Waals surface area (Å²) in [6.45, 7) is 0.425. The molecule has 6 heteroatoms. The molecule has 0 unspecified atom stereocenters. The summed E-state index contributed by atoms with van der Waals surface area (Å²) in [5.74, 6) is 1.61. The molecule has 0 heterocycles. The van der Waals surface area contributed by atoms with Crippen molar-refractivity contribution in [2.45, 2.75) is 5.75 Å². The van der Waals surface area contributed by atoms with Gasteiger partial charge < -0.3 is 15.4 Å². The van der Waals surface area contributed by atoms with Crippen LogP contribution < -0.4 is 15.4 Å². The Kier molecular flexibility index (Phi) is 8.35. The number of rotatable bonds is 10. The molecule has 0 saturated carbocycles. The van der Waals surface area contributed by atoms with Gasteiger partial charge in [0.1, 0.15) is 5.75 Å². The van der Waals surface area contributed by atoms with Gasteiger partial charge in [0.15, 0.2) is 6.61 Å². The first kappa shape index (κ1) is 21.5. The van der Waals surface area contributed by atoms with Crippen LogP contribution >= 0.6 is 11.8 Å². The Labute approximate surface area is 180 Å². The third-order valence-corrected chi connectivity index (χ3v) is 5.23. The molecule has 0 radical (unpaired) electrons. The molecule has 0 aliphatic carbocycles. The van der Waals surface area contributed by atoms with E-state index in [4.69, 9.17) is 4.74 Å². The van der Waals surface area contributed by atoms with Gasteiger partial charge in [-0.3, -0.25) is 9.59 Å². The molecular formula is C24H24N2O3S. The Morgan fingerprint density at radius 1 is 0.833 bits per heavy atom. The summed E-state index contributed by atoms with van der Waals surface area (Å²) in [7, 11) is 0. The van der Waals surface area contributed by atoms with E-state index in [1.54, 1.807) is 36.0 Å². The summed E-state index contributed by atoms with van der Waals surface area (Å²) in [6, 6.07) is 26.3. The highest BCUT2D eigenvalue weighted by Crippen LogP contribution is 2.19. The highest BCUT2D eigenvalue weighted by atomic mass is 32.2. The molecule has 0 aliphatic rings. The maximum absolute atomic E-state index is 12.5. The number of amides is 2. The molecule has 0 bridgehead atoms. The van der Waals surface area contributed by atoms with Crippen LogP contribution in [-0.4, -0.2) is 30.7 Å². The van der Waals surface area contributed by atoms with Crippen LogP contribution in [0.3, 0.4) is 0 Å². The number of nitrogens with one attached hydrogen (secondary N) is 2. The molecule has 3 aromatic carbocycles. The third-order valence-electron chi connectivity index (χ3n) is 4.20. The van der Waals surface area contributed by atoms with Gasteiger partial charge in [-0.2, -0.15) is 11.8 Å². The van der Waals surface area contributed by atoms with E-state index in [2.05, 4.69) is 22.8 Å². The predicted molar refractivity (Wildman–Crippen MR) is 122 cm³/mol. The van der Waals surface area contributed by atoms with Crippen molar-refractivity contribution in [3.05, 3.63) is 96.1 Å². The predicted octanol–water partition coefficient (Wildman–Crippen LogP) is 4.37. The SMILES string of the molecule is O=C(COc1ccccc1C(=O)Nc1ccccc1)NCCSCc1ccccc1. The first-order valence-corrected chi connectivity index (χ1v) is 10.8. The van der Waals surface area contributed by atoms with Gasteiger partial charge in [0, 0.05) is 23.7 Å². The smallest absolute Gasteiger partial charge is 0.259 e. The number of benzene rings is 3. The van der Waals surface area contributed by atoms with E-state index in [-0.39, 0.29) is 18.4 Å². The van der Waals surface area contributed by atoms with Crippen LogP contribution in [0.1, 0.15) is 15.9 Å². The van der Waals surface area contributed by atoms with Gasteiger partial charge >= 0.3 is 0 Å². The normalized spacial score (nSPS) is 10.3. The van der Waals surface area contributed by atoms with Crippen molar-refractivity contribution in [1.82, 2.24) is 5.32 Å². The summed E-state index contributed by atoms with van der Waals surface area (Å²) in [5.41, 5.74) is 2.35. The van der Waals surface area contributed by atoms with Crippen LogP contribution in [0.2, 0.25) is 0 Å². The van der Waals surface area contributed by atoms with Crippen molar-refractivity contribution < 1.29 is 14.3 Å². The summed E-state index contributed by atoms with van der Waals surface area (Å²) in [6.07, 6.45) is 0. The second-order valence-electron chi connectivity index (χ2n) is 6.49. The highest BCUT2D eigenvalue weighted by Gasteiger charge is 2.13. The van der Waals surface area contributed by atoms with E-state index >= 15 is 0 Å². The molecule has 3 aromatic rings. The Morgan fingerprint density at radius 3 is 2.27 bits per heavy atom. The first-order valence-electron chi connectivity index (χ1n) is 9.69. The molecule has 0 fully saturated rings. The number of hydrogen-bond acceptors (Lipinski definition) is 4. The van der Waals surface area contributed by atoms with E-state index in [1.165, 1.54) is 5.56 Å². The van der Waals surface area contributed by atoms with Gasteiger partial charge in [0.25, 0.3) is 11.8 Å². The van der Waals surface area contributed by atoms with Gasteiger partial charge in [0.2, 0.25) is 0 Å². The van der Waals surface area contributed by atoms with Crippen molar-refractivity contribution in [2.75, 3.05) is 24.2 Å². The van der Waals surface area contributed by atoms with E-state index in [9.17, 15) is 9.59 Å². The minimum Gasteiger partial charge on any atom is -0.483 e. The Morgan fingerprint density at radius 2 is 1.50 bits per heavy atom. The van der Waals surface area contributed by atoms with Crippen LogP contribution in [0.5, 0.6) is 5.75 Å². The van der Waals surface area contributed by atoms with Gasteiger partial charge in [-0.05, 0) is 29.8 Å². The van der Waals surface area contributed by atoms with Crippen molar-refractivity contribution in [3.63, 3.8) is 0 Å². The lowest BCUT2D eigenvalue weighted by atomic mass is 10.2. The molecule has 0 aliphatic heterocycles. The summed E-state index contributed by atoms with van der Waals surface area (Å²) >= 11 is 1.76. The molecule has 5 nitrogen and oxygen atoms in total. The lowest BCUT2D eigenvalue weighted by molar-refractivity contribution is -0.122. The zero-order valence-electron chi connectivity index (χ0n) is 16.5. The Bertz CT molecular complexity index is 949. The molecule has 2 N–H and O–H groups in total. The molecular weight excluding hydrogens is 396 g/mol. The van der Waals surface area contributed by atoms with Gasteiger partial charge in [-0.25, -0.2) is 0 Å². The van der Waals surface area contributed by atoms with Gasteiger partial charge in [0.05, 0.1) is 5.56 Å². The standard InChI is InChI=1S/C24H24N2O3S/c27-23(25-15-16-30-18-19-9-3-1-4-10-19)17-29-22-14-8-7-13-21(22)24(28)26-20-11-5-2-6-12-20/h1-14H,15-18H2,(H,25,27)(H,26,28). The van der Waals surface area contributed by atoms with Crippen LogP contribution in [0.4, 0.5) is 5.69 Å².